The van der Waals surface area contributed by atoms with E-state index in [2.05, 4.69) is 32.8 Å². The molecule has 0 unspecified atom stereocenters. The monoisotopic (exact) mass is 658 g/mol. The lowest BCUT2D eigenvalue weighted by atomic mass is 9.89. The Morgan fingerprint density at radius 2 is 0.545 bits per heavy atom. The second-order valence-electron chi connectivity index (χ2n) is 15.5. The maximum Gasteiger partial charge on any atom is 0.0107 e. The maximum absolute atomic E-state index is 2.42. The topological polar surface area (TPSA) is 3.24 Å². The molecule has 0 amide bonds. The van der Waals surface area contributed by atoms with Crippen molar-refractivity contribution in [3.63, 3.8) is 0 Å². The van der Waals surface area contributed by atoms with E-state index in [4.69, 9.17) is 0 Å². The van der Waals surface area contributed by atoms with Crippen molar-refractivity contribution in [1.29, 1.82) is 0 Å². The summed E-state index contributed by atoms with van der Waals surface area (Å²) in [7, 11) is 5.93. The van der Waals surface area contributed by atoms with E-state index in [1.807, 2.05) is 0 Å². The zero-order chi connectivity index (χ0) is 31.5. The van der Waals surface area contributed by atoms with Crippen LogP contribution in [0.1, 0.15) is 239 Å². The van der Waals surface area contributed by atoms with Gasteiger partial charge in [0.15, 0.2) is 0 Å². The van der Waals surface area contributed by atoms with Gasteiger partial charge in [-0.2, -0.15) is 0 Å². The van der Waals surface area contributed by atoms with Crippen LogP contribution in [-0.2, 0) is 0 Å². The molecule has 268 valence electrons. The molecule has 0 saturated heterocycles. The normalized spacial score (nSPS) is 11.9. The second-order valence-corrected chi connectivity index (χ2v) is 17.6. The molecule has 0 fully saturated rings. The highest BCUT2D eigenvalue weighted by Crippen LogP contribution is 2.39. The van der Waals surface area contributed by atoms with Gasteiger partial charge in [-0.05, 0) is 32.1 Å². The minimum absolute atomic E-state index is 0. The first-order valence-electron chi connectivity index (χ1n) is 20.7. The number of nitrogens with zero attached hydrogens (tertiary/aromatic N) is 1. The third kappa shape index (κ3) is 36.9. The Balaban J connectivity index is 0. The molecule has 1 nitrogen and oxygen atoms in total. The van der Waals surface area contributed by atoms with Crippen LogP contribution in [0.5, 0.6) is 0 Å². The van der Waals surface area contributed by atoms with Crippen LogP contribution in [0.25, 0.3) is 0 Å². The van der Waals surface area contributed by atoms with Gasteiger partial charge in [-0.25, -0.2) is 0 Å². The third-order valence-electron chi connectivity index (χ3n) is 10.4. The summed E-state index contributed by atoms with van der Waals surface area (Å²) in [6.45, 7) is 5.92. The molecular formula is C41H88ClNSi. The SMILES string of the molecule is CCCCCCCCCCCCCCCCCCC([SiH3])(CCCCCCCCCCCCCCCCCC)CCN(C)C.Cl. The average molecular weight is 659 g/mol. The molecule has 0 N–H and O–H groups in total. The molecule has 0 rings (SSSR count). The minimum atomic E-state index is 0. The Morgan fingerprint density at radius 3 is 0.750 bits per heavy atom. The molecule has 0 radical (unpaired) electrons. The summed E-state index contributed by atoms with van der Waals surface area (Å²) in [5.41, 5.74) is 0. The molecule has 0 saturated carbocycles. The van der Waals surface area contributed by atoms with Crippen LogP contribution in [0.3, 0.4) is 0 Å². The first kappa shape index (κ1) is 46.6. The van der Waals surface area contributed by atoms with Crippen molar-refractivity contribution in [2.24, 2.45) is 0 Å². The maximum atomic E-state index is 2.42. The number of rotatable bonds is 37. The number of unbranched alkanes of at least 4 members (excludes halogenated alkanes) is 30. The Hall–Kier alpha value is 0.467. The second kappa shape index (κ2) is 37.9. The number of hydrogen-bond donors (Lipinski definition) is 0. The van der Waals surface area contributed by atoms with Crippen LogP contribution in [0.4, 0.5) is 0 Å². The lowest BCUT2D eigenvalue weighted by Gasteiger charge is -2.31. The summed E-state index contributed by atoms with van der Waals surface area (Å²) in [6, 6.07) is 0. The van der Waals surface area contributed by atoms with Crippen LogP contribution >= 0.6 is 12.4 Å². The lowest BCUT2D eigenvalue weighted by molar-refractivity contribution is 0.327. The van der Waals surface area contributed by atoms with E-state index in [1.165, 1.54) is 242 Å². The smallest absolute Gasteiger partial charge is 0.0107 e. The highest BCUT2D eigenvalue weighted by atomic mass is 35.5. The summed E-state index contributed by atoms with van der Waals surface area (Å²) in [5.74, 6) is 0. The van der Waals surface area contributed by atoms with Gasteiger partial charge in [0, 0.05) is 10.2 Å². The first-order valence-corrected chi connectivity index (χ1v) is 21.7. The summed E-state index contributed by atoms with van der Waals surface area (Å²) < 4.78 is 0. The fourth-order valence-electron chi connectivity index (χ4n) is 7.07. The summed E-state index contributed by atoms with van der Waals surface area (Å²) in [5, 5.41) is 0.705. The van der Waals surface area contributed by atoms with Crippen molar-refractivity contribution in [2.75, 3.05) is 20.6 Å². The van der Waals surface area contributed by atoms with Crippen molar-refractivity contribution in [2.45, 2.75) is 244 Å². The van der Waals surface area contributed by atoms with E-state index >= 15 is 0 Å². The molecule has 0 atom stereocenters. The van der Waals surface area contributed by atoms with E-state index in [-0.39, 0.29) is 12.4 Å². The van der Waals surface area contributed by atoms with Gasteiger partial charge in [0.1, 0.15) is 0 Å². The Morgan fingerprint density at radius 1 is 0.341 bits per heavy atom. The number of halogens is 1. The van der Waals surface area contributed by atoms with E-state index in [0.717, 1.165) is 0 Å². The summed E-state index contributed by atoms with van der Waals surface area (Å²) in [6.07, 6.45) is 51.7. The van der Waals surface area contributed by atoms with Crippen LogP contribution < -0.4 is 0 Å². The molecule has 0 aliphatic rings. The number of hydrogen-bond acceptors (Lipinski definition) is 1. The summed E-state index contributed by atoms with van der Waals surface area (Å²) >= 11 is 0. The molecule has 0 aromatic carbocycles. The molecule has 0 aliphatic heterocycles. The van der Waals surface area contributed by atoms with Crippen molar-refractivity contribution >= 4 is 22.6 Å². The van der Waals surface area contributed by atoms with Gasteiger partial charge in [-0.3, -0.25) is 0 Å². The zero-order valence-corrected chi connectivity index (χ0v) is 34.6. The van der Waals surface area contributed by atoms with Crippen LogP contribution in [0.2, 0.25) is 5.04 Å². The fourth-order valence-corrected chi connectivity index (χ4v) is 8.00. The van der Waals surface area contributed by atoms with Crippen LogP contribution in [0.15, 0.2) is 0 Å². The molecule has 0 aromatic rings. The van der Waals surface area contributed by atoms with E-state index in [1.54, 1.807) is 0 Å². The quantitative estimate of drug-likeness (QED) is 0.0474. The molecule has 0 spiro atoms. The molecule has 0 bridgehead atoms. The Labute approximate surface area is 290 Å². The highest BCUT2D eigenvalue weighted by molar-refractivity contribution is 6.15. The van der Waals surface area contributed by atoms with Gasteiger partial charge < -0.3 is 4.90 Å². The summed E-state index contributed by atoms with van der Waals surface area (Å²) in [4.78, 5) is 2.42. The van der Waals surface area contributed by atoms with E-state index in [0.29, 0.717) is 5.04 Å². The first-order chi connectivity index (χ1) is 21.0. The van der Waals surface area contributed by atoms with Crippen LogP contribution in [-0.4, -0.2) is 35.8 Å². The Kier molecular flexibility index (Phi) is 40.1. The predicted octanol–water partition coefficient (Wildman–Crippen LogP) is 14.2. The highest BCUT2D eigenvalue weighted by Gasteiger charge is 2.23. The molecule has 0 heterocycles. The third-order valence-corrected chi connectivity index (χ3v) is 11.9. The minimum Gasteiger partial charge on any atom is -0.309 e. The van der Waals surface area contributed by atoms with E-state index < -0.39 is 0 Å². The fraction of sp³-hybridized carbons (Fsp3) is 1.00. The predicted molar refractivity (Wildman–Crippen MR) is 211 cm³/mol. The molecule has 3 heteroatoms. The van der Waals surface area contributed by atoms with Crippen molar-refractivity contribution in [3.8, 4) is 0 Å². The van der Waals surface area contributed by atoms with Gasteiger partial charge >= 0.3 is 0 Å². The lowest BCUT2D eigenvalue weighted by Crippen LogP contribution is -2.22. The van der Waals surface area contributed by atoms with Gasteiger partial charge in [-0.15, -0.1) is 12.4 Å². The Bertz CT molecular complexity index is 475. The average Bonchev–Trinajstić information content (AvgIpc) is 2.99. The molecule has 44 heavy (non-hydrogen) atoms. The molecule has 0 aliphatic carbocycles. The van der Waals surface area contributed by atoms with Gasteiger partial charge in [0.25, 0.3) is 0 Å². The standard InChI is InChI=1S/C41H87NSi.ClH/c1-5-7-9-11-13-15-17-19-21-23-25-27-29-31-33-35-37-41(43,39-40-42(3)4)38-36-34-32-30-28-26-24-22-20-18-16-14-12-10-8-6-2;/h5-40H2,1-4,43H3;1H. The zero-order valence-electron chi connectivity index (χ0n) is 31.8. The molecule has 0 aromatic heterocycles. The molecular weight excluding hydrogens is 570 g/mol. The van der Waals surface area contributed by atoms with E-state index in [9.17, 15) is 0 Å². The van der Waals surface area contributed by atoms with Crippen LogP contribution in [0, 0.1) is 0 Å². The van der Waals surface area contributed by atoms with Crippen molar-refractivity contribution < 1.29 is 0 Å². The van der Waals surface area contributed by atoms with Gasteiger partial charge in [0.05, 0.1) is 0 Å². The van der Waals surface area contributed by atoms with Crippen molar-refractivity contribution in [3.05, 3.63) is 0 Å². The largest absolute Gasteiger partial charge is 0.309 e. The van der Waals surface area contributed by atoms with Crippen molar-refractivity contribution in [1.82, 2.24) is 4.90 Å². The van der Waals surface area contributed by atoms with Gasteiger partial charge in [0.2, 0.25) is 0 Å². The van der Waals surface area contributed by atoms with Gasteiger partial charge in [-0.1, -0.05) is 232 Å².